The molecule has 0 saturated carbocycles. The molecule has 1 aliphatic rings. The number of carbonyl (C=O) groups excluding carboxylic acids is 1. The van der Waals surface area contributed by atoms with Gasteiger partial charge in [0.1, 0.15) is 17.7 Å². The number of amides is 1. The van der Waals surface area contributed by atoms with E-state index < -0.39 is 59.3 Å². The third-order valence-corrected chi connectivity index (χ3v) is 8.83. The molecular formula is C36H42F5N3O4. The molecule has 0 unspecified atom stereocenters. The summed E-state index contributed by atoms with van der Waals surface area (Å²) < 4.78 is 73.3. The van der Waals surface area contributed by atoms with Crippen LogP contribution in [-0.4, -0.2) is 47.1 Å². The molecule has 0 saturated heterocycles. The molecule has 1 aromatic heterocycles. The Morgan fingerprint density at radius 2 is 1.65 bits per heavy atom. The Hall–Kier alpha value is -4.06. The number of rotatable bonds is 12. The van der Waals surface area contributed by atoms with E-state index in [2.05, 4.69) is 5.32 Å². The van der Waals surface area contributed by atoms with Crippen molar-refractivity contribution in [1.29, 1.82) is 0 Å². The second-order valence-electron chi connectivity index (χ2n) is 13.4. The van der Waals surface area contributed by atoms with E-state index in [0.717, 1.165) is 16.3 Å². The molecule has 3 aromatic rings. The van der Waals surface area contributed by atoms with Gasteiger partial charge >= 0.3 is 12.1 Å². The van der Waals surface area contributed by atoms with Crippen molar-refractivity contribution in [3.8, 4) is 11.1 Å². The molecule has 0 aliphatic heterocycles. The predicted octanol–water partition coefficient (Wildman–Crippen LogP) is 6.94. The minimum atomic E-state index is -4.80. The largest absolute Gasteiger partial charge is 0.481 e. The quantitative estimate of drug-likeness (QED) is 0.203. The van der Waals surface area contributed by atoms with Gasteiger partial charge in [0.15, 0.2) is 0 Å². The number of carbonyl (C=O) groups is 2. The van der Waals surface area contributed by atoms with Crippen LogP contribution in [0.25, 0.3) is 11.1 Å². The molecule has 12 heteroatoms. The van der Waals surface area contributed by atoms with E-state index in [9.17, 15) is 37.1 Å². The fourth-order valence-corrected chi connectivity index (χ4v) is 6.69. The maximum atomic E-state index is 16.3. The molecule has 1 heterocycles. The number of carboxylic acid groups (broad SMARTS) is 1. The fourth-order valence-electron chi connectivity index (χ4n) is 6.69. The lowest BCUT2D eigenvalue weighted by Gasteiger charge is -2.27. The highest BCUT2D eigenvalue weighted by Gasteiger charge is 2.36. The number of fused-ring (bicyclic) bond motifs is 1. The summed E-state index contributed by atoms with van der Waals surface area (Å²) in [5, 5.41) is 12.5. The summed E-state index contributed by atoms with van der Waals surface area (Å²) in [5.74, 6) is -3.43. The number of likely N-dealkylation sites (N-methyl/N-ethyl adjacent to an activating group) is 1. The Kier molecular flexibility index (Phi) is 11.2. The molecule has 0 spiro atoms. The van der Waals surface area contributed by atoms with Crippen molar-refractivity contribution >= 4 is 11.9 Å². The number of aliphatic carboxylic acids is 1. The Balaban J connectivity index is 1.84. The average Bonchev–Trinajstić information content (AvgIpc) is 3.45. The summed E-state index contributed by atoms with van der Waals surface area (Å²) in [6.07, 6.45) is -2.84. The Bertz CT molecular complexity index is 1740. The third-order valence-electron chi connectivity index (χ3n) is 8.83. The number of carboxylic acids is 1. The van der Waals surface area contributed by atoms with Gasteiger partial charge in [0.25, 0.3) is 5.56 Å². The highest BCUT2D eigenvalue weighted by Crippen LogP contribution is 2.41. The SMILES string of the molecule is Cc1cc(F)cc(C)c1-c1cc([C@H](CC(=O)O)NC(=O)[C@@H](CC(C)C)n2cc(CCN(C)C)c(C(F)(F)F)cc2=O)c(F)c2c1CCC2. The van der Waals surface area contributed by atoms with Gasteiger partial charge in [-0.3, -0.25) is 14.4 Å². The van der Waals surface area contributed by atoms with Crippen LogP contribution >= 0.6 is 0 Å². The number of benzene rings is 2. The minimum absolute atomic E-state index is 0.0376. The van der Waals surface area contributed by atoms with Crippen LogP contribution in [0.2, 0.25) is 0 Å². The van der Waals surface area contributed by atoms with Gasteiger partial charge in [-0.25, -0.2) is 8.78 Å². The standard InChI is InChI=1S/C36H42F5N3O4/c1-19(2)12-30(44-18-22(10-11-43(5)6)28(16-31(44)45)36(39,40)41)35(48)42-29(17-32(46)47)27-15-26(24-8-7-9-25(24)34(27)38)33-20(3)13-23(37)14-21(33)4/h13-16,18-19,29-30H,7-12,17H2,1-6H3,(H,42,48)(H,46,47)/t29-,30+/m0/s1. The molecule has 0 bridgehead atoms. The molecule has 7 nitrogen and oxygen atoms in total. The van der Waals surface area contributed by atoms with Crippen molar-refractivity contribution in [3.05, 3.63) is 91.4 Å². The minimum Gasteiger partial charge on any atom is -0.481 e. The molecule has 260 valence electrons. The van der Waals surface area contributed by atoms with Crippen molar-refractivity contribution in [2.24, 2.45) is 5.92 Å². The lowest BCUT2D eigenvalue weighted by molar-refractivity contribution is -0.139. The topological polar surface area (TPSA) is 91.6 Å². The number of hydrogen-bond donors (Lipinski definition) is 2. The fraction of sp³-hybridized carbons (Fsp3) is 0.472. The van der Waals surface area contributed by atoms with Gasteiger partial charge in [-0.05, 0) is 123 Å². The van der Waals surface area contributed by atoms with E-state index in [0.29, 0.717) is 53.1 Å². The maximum absolute atomic E-state index is 16.3. The zero-order valence-electron chi connectivity index (χ0n) is 28.0. The van der Waals surface area contributed by atoms with Crippen molar-refractivity contribution in [2.75, 3.05) is 20.6 Å². The smallest absolute Gasteiger partial charge is 0.416 e. The number of nitrogens with zero attached hydrogens (tertiary/aromatic N) is 2. The highest BCUT2D eigenvalue weighted by atomic mass is 19.4. The van der Waals surface area contributed by atoms with Crippen LogP contribution in [0.5, 0.6) is 0 Å². The number of halogens is 5. The predicted molar refractivity (Wildman–Crippen MR) is 173 cm³/mol. The van der Waals surface area contributed by atoms with Crippen LogP contribution < -0.4 is 10.9 Å². The summed E-state index contributed by atoms with van der Waals surface area (Å²) in [4.78, 5) is 41.0. The van der Waals surface area contributed by atoms with Crippen molar-refractivity contribution in [2.45, 2.75) is 84.5 Å². The summed E-state index contributed by atoms with van der Waals surface area (Å²) in [7, 11) is 3.40. The second kappa shape index (κ2) is 14.6. The molecule has 0 radical (unpaired) electrons. The number of nitrogens with one attached hydrogen (secondary N) is 1. The van der Waals surface area contributed by atoms with Gasteiger partial charge in [-0.1, -0.05) is 13.8 Å². The van der Waals surface area contributed by atoms with E-state index in [-0.39, 0.29) is 36.4 Å². The monoisotopic (exact) mass is 675 g/mol. The number of alkyl halides is 3. The van der Waals surface area contributed by atoms with E-state index in [1.54, 1.807) is 46.7 Å². The molecule has 4 rings (SSSR count). The maximum Gasteiger partial charge on any atom is 0.416 e. The van der Waals surface area contributed by atoms with Crippen LogP contribution in [0.4, 0.5) is 22.0 Å². The summed E-state index contributed by atoms with van der Waals surface area (Å²) >= 11 is 0. The lowest BCUT2D eigenvalue weighted by Crippen LogP contribution is -2.41. The van der Waals surface area contributed by atoms with E-state index >= 15 is 4.39 Å². The normalized spacial score (nSPS) is 14.4. The summed E-state index contributed by atoms with van der Waals surface area (Å²) in [6.45, 7) is 7.26. The first-order valence-corrected chi connectivity index (χ1v) is 16.0. The molecule has 1 amide bonds. The Labute approximate surface area is 276 Å². The molecule has 1 aliphatic carbocycles. The highest BCUT2D eigenvalue weighted by molar-refractivity contribution is 5.82. The van der Waals surface area contributed by atoms with Crippen LogP contribution in [0, 0.1) is 31.4 Å². The third kappa shape index (κ3) is 8.14. The zero-order chi connectivity index (χ0) is 35.7. The van der Waals surface area contributed by atoms with Gasteiger partial charge < -0.3 is 19.9 Å². The van der Waals surface area contributed by atoms with Crippen LogP contribution in [0.1, 0.15) is 84.1 Å². The molecule has 0 fully saturated rings. The molecule has 2 aromatic carbocycles. The Morgan fingerprint density at radius 3 is 2.21 bits per heavy atom. The summed E-state index contributed by atoms with van der Waals surface area (Å²) in [6, 6.07) is 2.05. The molecule has 2 N–H and O–H groups in total. The van der Waals surface area contributed by atoms with Crippen LogP contribution in [0.3, 0.4) is 0 Å². The van der Waals surface area contributed by atoms with E-state index in [4.69, 9.17) is 0 Å². The van der Waals surface area contributed by atoms with E-state index in [1.165, 1.54) is 18.2 Å². The Morgan fingerprint density at radius 1 is 1.02 bits per heavy atom. The number of aromatic nitrogens is 1. The van der Waals surface area contributed by atoms with E-state index in [1.807, 2.05) is 0 Å². The van der Waals surface area contributed by atoms with Crippen molar-refractivity contribution in [1.82, 2.24) is 14.8 Å². The van der Waals surface area contributed by atoms with Gasteiger partial charge in [-0.2, -0.15) is 13.2 Å². The molecular weight excluding hydrogens is 633 g/mol. The zero-order valence-corrected chi connectivity index (χ0v) is 28.0. The number of aryl methyl sites for hydroxylation is 2. The first-order chi connectivity index (χ1) is 22.4. The first-order valence-electron chi connectivity index (χ1n) is 16.0. The van der Waals surface area contributed by atoms with Crippen molar-refractivity contribution in [3.63, 3.8) is 0 Å². The first kappa shape index (κ1) is 36.8. The number of hydrogen-bond acceptors (Lipinski definition) is 4. The lowest BCUT2D eigenvalue weighted by atomic mass is 9.86. The summed E-state index contributed by atoms with van der Waals surface area (Å²) in [5.41, 5.74) is 1.32. The molecule has 2 atom stereocenters. The van der Waals surface area contributed by atoms with Crippen molar-refractivity contribution < 1.29 is 36.6 Å². The van der Waals surface area contributed by atoms with Crippen LogP contribution in [-0.2, 0) is 35.0 Å². The number of pyridine rings is 1. The average molecular weight is 676 g/mol. The van der Waals surface area contributed by atoms with Gasteiger partial charge in [0.2, 0.25) is 5.91 Å². The second-order valence-corrected chi connectivity index (χ2v) is 13.4. The van der Waals surface area contributed by atoms with Gasteiger partial charge in [0, 0.05) is 24.4 Å². The van der Waals surface area contributed by atoms with Gasteiger partial charge in [-0.15, -0.1) is 0 Å². The van der Waals surface area contributed by atoms with Gasteiger partial charge in [0.05, 0.1) is 18.0 Å². The molecule has 48 heavy (non-hydrogen) atoms. The van der Waals surface area contributed by atoms with Crippen LogP contribution in [0.15, 0.2) is 35.3 Å².